The molecule has 0 aliphatic rings. The maximum Gasteiger partial charge on any atom is 0.262 e. The van der Waals surface area contributed by atoms with Crippen LogP contribution in [0.3, 0.4) is 0 Å². The molecule has 1 amide bonds. The quantitative estimate of drug-likeness (QED) is 0.636. The largest absolute Gasteiger partial charge is 0.484 e. The molecule has 1 N–H and O–H groups in total. The molecule has 25 heavy (non-hydrogen) atoms. The number of rotatable bonds is 6. The van der Waals surface area contributed by atoms with E-state index < -0.39 is 0 Å². The van der Waals surface area contributed by atoms with Crippen molar-refractivity contribution in [1.82, 2.24) is 4.98 Å². The molecule has 0 bridgehead atoms. The first-order chi connectivity index (χ1) is 12.2. The van der Waals surface area contributed by atoms with Crippen LogP contribution in [0.1, 0.15) is 0 Å². The number of nitrogens with one attached hydrogen (secondary N) is 1. The van der Waals surface area contributed by atoms with Crippen LogP contribution in [0.2, 0.25) is 0 Å². The highest BCUT2D eigenvalue weighted by Crippen LogP contribution is 2.36. The topological polar surface area (TPSA) is 51.2 Å². The van der Waals surface area contributed by atoms with Crippen LogP contribution >= 0.6 is 23.1 Å². The van der Waals surface area contributed by atoms with Crippen molar-refractivity contribution in [2.75, 3.05) is 18.2 Å². The zero-order valence-corrected chi connectivity index (χ0v) is 15.0. The predicted octanol–water partition coefficient (Wildman–Crippen LogP) is 4.69. The summed E-state index contributed by atoms with van der Waals surface area (Å²) in [6.07, 6.45) is 1.94. The Labute approximate surface area is 153 Å². The molecule has 1 aromatic heterocycles. The Morgan fingerprint density at radius 3 is 2.60 bits per heavy atom. The lowest BCUT2D eigenvalue weighted by atomic mass is 10.2. The summed E-state index contributed by atoms with van der Waals surface area (Å²) in [6, 6.07) is 15.2. The average molecular weight is 374 g/mol. The first-order valence-corrected chi connectivity index (χ1v) is 9.48. The van der Waals surface area contributed by atoms with Gasteiger partial charge in [0.2, 0.25) is 0 Å². The van der Waals surface area contributed by atoms with Crippen molar-refractivity contribution in [1.29, 1.82) is 0 Å². The van der Waals surface area contributed by atoms with Crippen molar-refractivity contribution in [3.63, 3.8) is 0 Å². The summed E-state index contributed by atoms with van der Waals surface area (Å²) in [5.41, 5.74) is 1.68. The smallest absolute Gasteiger partial charge is 0.262 e. The molecule has 0 atom stereocenters. The van der Waals surface area contributed by atoms with E-state index in [0.717, 1.165) is 15.6 Å². The minimum absolute atomic E-state index is 0.160. The van der Waals surface area contributed by atoms with Crippen LogP contribution < -0.4 is 10.1 Å². The molecule has 2 aromatic carbocycles. The fraction of sp³-hybridized carbons (Fsp3) is 0.111. The third-order valence-corrected chi connectivity index (χ3v) is 5.22. The summed E-state index contributed by atoms with van der Waals surface area (Å²) < 4.78 is 19.1. The van der Waals surface area contributed by atoms with Gasteiger partial charge in [0.05, 0.1) is 0 Å². The number of carbonyl (C=O) groups is 1. The van der Waals surface area contributed by atoms with E-state index in [0.29, 0.717) is 10.8 Å². The Balaban J connectivity index is 1.70. The van der Waals surface area contributed by atoms with Crippen LogP contribution in [0.5, 0.6) is 5.75 Å². The van der Waals surface area contributed by atoms with E-state index >= 15 is 0 Å². The molecule has 0 aliphatic heterocycles. The molecule has 4 nitrogen and oxygen atoms in total. The molecule has 7 heteroatoms. The number of hydrogen-bond donors (Lipinski definition) is 1. The van der Waals surface area contributed by atoms with Crippen LogP contribution in [0.25, 0.3) is 11.3 Å². The lowest BCUT2D eigenvalue weighted by Crippen LogP contribution is -2.19. The molecule has 1 heterocycles. The highest BCUT2D eigenvalue weighted by molar-refractivity contribution is 8.00. The number of aromatic nitrogens is 1. The molecular formula is C18H15FN2O2S2. The fourth-order valence-electron chi connectivity index (χ4n) is 2.11. The van der Waals surface area contributed by atoms with Crippen molar-refractivity contribution in [3.8, 4) is 17.0 Å². The van der Waals surface area contributed by atoms with Gasteiger partial charge in [0.15, 0.2) is 10.9 Å². The van der Waals surface area contributed by atoms with Crippen LogP contribution in [0.15, 0.2) is 58.9 Å². The first kappa shape index (κ1) is 17.4. The van der Waals surface area contributed by atoms with E-state index in [1.165, 1.54) is 47.4 Å². The SMILES string of the molecule is CSc1nc(-c2ccccc2)c(NC(=O)COc2ccc(F)cc2)s1. The Kier molecular flexibility index (Phi) is 5.67. The maximum atomic E-state index is 12.9. The summed E-state index contributed by atoms with van der Waals surface area (Å²) in [4.78, 5) is 16.8. The average Bonchev–Trinajstić information content (AvgIpc) is 3.05. The fourth-order valence-corrected chi connectivity index (χ4v) is 3.61. The van der Waals surface area contributed by atoms with Gasteiger partial charge in [-0.25, -0.2) is 9.37 Å². The second-order valence-corrected chi connectivity index (χ2v) is 7.07. The van der Waals surface area contributed by atoms with Gasteiger partial charge < -0.3 is 10.1 Å². The Hall–Kier alpha value is -2.38. The number of anilines is 1. The van der Waals surface area contributed by atoms with E-state index in [1.54, 1.807) is 0 Å². The van der Waals surface area contributed by atoms with E-state index in [1.807, 2.05) is 36.6 Å². The molecule has 0 aliphatic carbocycles. The molecule has 0 radical (unpaired) electrons. The number of hydrogen-bond acceptors (Lipinski definition) is 5. The lowest BCUT2D eigenvalue weighted by molar-refractivity contribution is -0.118. The zero-order chi connectivity index (χ0) is 17.6. The minimum Gasteiger partial charge on any atom is -0.484 e. The van der Waals surface area contributed by atoms with Crippen molar-refractivity contribution < 1.29 is 13.9 Å². The monoisotopic (exact) mass is 374 g/mol. The number of thioether (sulfide) groups is 1. The number of ether oxygens (including phenoxy) is 1. The molecule has 3 rings (SSSR count). The highest BCUT2D eigenvalue weighted by Gasteiger charge is 2.15. The van der Waals surface area contributed by atoms with Crippen molar-refractivity contribution in [3.05, 3.63) is 60.4 Å². The van der Waals surface area contributed by atoms with E-state index in [2.05, 4.69) is 10.3 Å². The third-order valence-electron chi connectivity index (χ3n) is 3.27. The van der Waals surface area contributed by atoms with Crippen LogP contribution in [-0.4, -0.2) is 23.8 Å². The molecule has 3 aromatic rings. The summed E-state index contributed by atoms with van der Waals surface area (Å²) in [7, 11) is 0. The van der Waals surface area contributed by atoms with E-state index in [9.17, 15) is 9.18 Å². The van der Waals surface area contributed by atoms with Gasteiger partial charge in [-0.2, -0.15) is 0 Å². The van der Waals surface area contributed by atoms with E-state index in [4.69, 9.17) is 4.74 Å². The number of halogens is 1. The Bertz CT molecular complexity index is 851. The van der Waals surface area contributed by atoms with Gasteiger partial charge in [0, 0.05) is 5.56 Å². The minimum atomic E-state index is -0.349. The molecule has 128 valence electrons. The van der Waals surface area contributed by atoms with Gasteiger partial charge >= 0.3 is 0 Å². The number of benzene rings is 2. The molecule has 0 fully saturated rings. The molecule has 0 saturated heterocycles. The van der Waals surface area contributed by atoms with Crippen molar-refractivity contribution in [2.24, 2.45) is 0 Å². The van der Waals surface area contributed by atoms with Gasteiger partial charge in [-0.05, 0) is 30.5 Å². The van der Waals surface area contributed by atoms with E-state index in [-0.39, 0.29) is 18.3 Å². The first-order valence-electron chi connectivity index (χ1n) is 7.44. The Morgan fingerprint density at radius 1 is 1.20 bits per heavy atom. The predicted molar refractivity (Wildman–Crippen MR) is 99.9 cm³/mol. The third kappa shape index (κ3) is 4.58. The van der Waals surface area contributed by atoms with Crippen LogP contribution in [0.4, 0.5) is 9.39 Å². The standard InChI is InChI=1S/C18H15FN2O2S2/c1-24-18-21-16(12-5-3-2-4-6-12)17(25-18)20-15(22)11-23-14-9-7-13(19)8-10-14/h2-10H,11H2,1H3,(H,20,22). The zero-order valence-electron chi connectivity index (χ0n) is 13.4. The Morgan fingerprint density at radius 2 is 1.92 bits per heavy atom. The molecular weight excluding hydrogens is 359 g/mol. The van der Waals surface area contributed by atoms with Gasteiger partial charge in [-0.1, -0.05) is 53.4 Å². The van der Waals surface area contributed by atoms with Crippen LogP contribution in [-0.2, 0) is 4.79 Å². The number of amides is 1. The maximum absolute atomic E-state index is 12.9. The van der Waals surface area contributed by atoms with Gasteiger partial charge in [-0.15, -0.1) is 0 Å². The van der Waals surface area contributed by atoms with Gasteiger partial charge in [-0.3, -0.25) is 4.79 Å². The molecule has 0 unspecified atom stereocenters. The normalized spacial score (nSPS) is 10.5. The van der Waals surface area contributed by atoms with Crippen LogP contribution in [0, 0.1) is 5.82 Å². The summed E-state index contributed by atoms with van der Waals surface area (Å²) >= 11 is 2.95. The van der Waals surface area contributed by atoms with Crippen molar-refractivity contribution in [2.45, 2.75) is 4.34 Å². The highest BCUT2D eigenvalue weighted by atomic mass is 32.2. The number of thiazole rings is 1. The number of carbonyl (C=O) groups excluding carboxylic acids is 1. The molecule has 0 saturated carbocycles. The summed E-state index contributed by atoms with van der Waals surface area (Å²) in [6.45, 7) is -0.160. The molecule has 0 spiro atoms. The second-order valence-electron chi connectivity index (χ2n) is 5.02. The second kappa shape index (κ2) is 8.13. The number of nitrogens with zero attached hydrogens (tertiary/aromatic N) is 1. The van der Waals surface area contributed by atoms with Gasteiger partial charge in [0.25, 0.3) is 5.91 Å². The van der Waals surface area contributed by atoms with Crippen molar-refractivity contribution >= 4 is 34.0 Å². The summed E-state index contributed by atoms with van der Waals surface area (Å²) in [5.74, 6) is -0.203. The van der Waals surface area contributed by atoms with Gasteiger partial charge in [0.1, 0.15) is 22.3 Å². The lowest BCUT2D eigenvalue weighted by Gasteiger charge is -2.07. The summed E-state index contributed by atoms with van der Waals surface area (Å²) in [5, 5.41) is 3.53.